The minimum atomic E-state index is -0.559. The quantitative estimate of drug-likeness (QED) is 0.335. The average Bonchev–Trinajstić information content (AvgIpc) is 3.57. The van der Waals surface area contributed by atoms with Gasteiger partial charge in [0.25, 0.3) is 0 Å². The number of hydrogen-bond acceptors (Lipinski definition) is 10. The number of rotatable bonds is 5. The number of anilines is 1. The van der Waals surface area contributed by atoms with Gasteiger partial charge in [0, 0.05) is 36.4 Å². The topological polar surface area (TPSA) is 117 Å². The zero-order chi connectivity index (χ0) is 26.3. The molecule has 2 aromatic heterocycles. The number of esters is 1. The fraction of sp³-hybridized carbons (Fsp3) is 0.259. The Morgan fingerprint density at radius 3 is 2.74 bits per heavy atom. The number of methoxy groups -OCH3 is 1. The van der Waals surface area contributed by atoms with Crippen molar-refractivity contribution in [2.45, 2.75) is 34.4 Å². The number of nitrogens with two attached hydrogens (primary N) is 1. The Hall–Kier alpha value is -3.60. The van der Waals surface area contributed by atoms with Gasteiger partial charge in [0.2, 0.25) is 5.89 Å². The van der Waals surface area contributed by atoms with Crippen LogP contribution in [0.3, 0.4) is 0 Å². The van der Waals surface area contributed by atoms with Crippen LogP contribution in [0, 0.1) is 0 Å². The molecule has 2 N–H and O–H groups in total. The summed E-state index contributed by atoms with van der Waals surface area (Å²) in [6, 6.07) is 13.2. The highest BCUT2D eigenvalue weighted by Crippen LogP contribution is 2.47. The number of carbonyl (C=O) groups excluding carboxylic acids is 1. The van der Waals surface area contributed by atoms with E-state index < -0.39 is 11.6 Å². The minimum Gasteiger partial charge on any atom is -0.485 e. The molecule has 1 spiro atoms. The van der Waals surface area contributed by atoms with Gasteiger partial charge < -0.3 is 24.5 Å². The molecule has 2 aromatic carbocycles. The largest absolute Gasteiger partial charge is 0.485 e. The molecule has 2 aliphatic rings. The van der Waals surface area contributed by atoms with Crippen molar-refractivity contribution < 1.29 is 18.7 Å². The number of oxazole rings is 1. The normalized spacial score (nSPS) is 17.8. The standard InChI is InChI=1S/C27H24ClN5O4S/c1-35-26(34)22-24(33-12-9-27(10-13-33)23(29)16-5-2-3-7-18(16)37-27)31-15-20(32-22)38-19-8-4-6-17(21(19)28)25-30-11-14-36-25/h2-8,11,14-15,23H,9-10,12-13,29H2,1H3/t23-/m1/s1. The van der Waals surface area contributed by atoms with E-state index in [0.29, 0.717) is 53.3 Å². The van der Waals surface area contributed by atoms with E-state index in [4.69, 9.17) is 31.2 Å². The second kappa shape index (κ2) is 9.94. The fourth-order valence-corrected chi connectivity index (χ4v) is 6.15. The van der Waals surface area contributed by atoms with Crippen molar-refractivity contribution >= 4 is 35.1 Å². The molecule has 11 heteroatoms. The first-order valence-corrected chi connectivity index (χ1v) is 13.3. The van der Waals surface area contributed by atoms with Crippen LogP contribution in [0.4, 0.5) is 5.82 Å². The van der Waals surface area contributed by atoms with Crippen LogP contribution in [-0.4, -0.2) is 46.7 Å². The van der Waals surface area contributed by atoms with Crippen LogP contribution in [0.2, 0.25) is 5.02 Å². The fourth-order valence-electron chi connectivity index (χ4n) is 5.01. The van der Waals surface area contributed by atoms with Crippen LogP contribution in [0.1, 0.15) is 34.9 Å². The van der Waals surface area contributed by atoms with E-state index in [2.05, 4.69) is 15.0 Å². The molecule has 0 bridgehead atoms. The lowest BCUT2D eigenvalue weighted by atomic mass is 9.83. The van der Waals surface area contributed by atoms with E-state index in [1.165, 1.54) is 25.1 Å². The SMILES string of the molecule is COC(=O)c1nc(Sc2cccc(-c3ncco3)c2Cl)cnc1N1CCC2(CC1)Oc1ccccc1[C@H]2N. The molecule has 1 saturated heterocycles. The molecule has 38 heavy (non-hydrogen) atoms. The number of hydrogen-bond donors (Lipinski definition) is 1. The highest BCUT2D eigenvalue weighted by molar-refractivity contribution is 7.99. The van der Waals surface area contributed by atoms with E-state index in [1.807, 2.05) is 47.4 Å². The molecule has 6 rings (SSSR count). The Labute approximate surface area is 228 Å². The minimum absolute atomic E-state index is 0.147. The maximum absolute atomic E-state index is 12.8. The monoisotopic (exact) mass is 549 g/mol. The highest BCUT2D eigenvalue weighted by atomic mass is 35.5. The van der Waals surface area contributed by atoms with E-state index in [-0.39, 0.29) is 11.7 Å². The summed E-state index contributed by atoms with van der Waals surface area (Å²) in [5, 5.41) is 0.978. The second-order valence-corrected chi connectivity index (χ2v) is 10.5. The van der Waals surface area contributed by atoms with E-state index in [0.717, 1.165) is 16.2 Å². The molecule has 0 aliphatic carbocycles. The molecule has 9 nitrogen and oxygen atoms in total. The van der Waals surface area contributed by atoms with Crippen molar-refractivity contribution in [1.82, 2.24) is 15.0 Å². The van der Waals surface area contributed by atoms with Crippen molar-refractivity contribution in [2.24, 2.45) is 5.73 Å². The number of benzene rings is 2. The van der Waals surface area contributed by atoms with Crippen LogP contribution >= 0.6 is 23.4 Å². The molecule has 0 saturated carbocycles. The van der Waals surface area contributed by atoms with Gasteiger partial charge in [0.1, 0.15) is 22.6 Å². The van der Waals surface area contributed by atoms with Crippen LogP contribution in [0.5, 0.6) is 5.75 Å². The lowest BCUT2D eigenvalue weighted by molar-refractivity contribution is 0.0429. The van der Waals surface area contributed by atoms with Crippen molar-refractivity contribution in [2.75, 3.05) is 25.1 Å². The van der Waals surface area contributed by atoms with Crippen molar-refractivity contribution in [3.8, 4) is 17.2 Å². The Bertz CT molecular complexity index is 1490. The number of para-hydroxylation sites is 1. The summed E-state index contributed by atoms with van der Waals surface area (Å²) in [5.41, 5.74) is 7.99. The molecule has 4 heterocycles. The van der Waals surface area contributed by atoms with Gasteiger partial charge in [-0.1, -0.05) is 47.6 Å². The van der Waals surface area contributed by atoms with Gasteiger partial charge in [0.05, 0.1) is 36.1 Å². The molecular formula is C27H24ClN5O4S. The number of piperidine rings is 1. The van der Waals surface area contributed by atoms with Gasteiger partial charge in [0.15, 0.2) is 11.5 Å². The van der Waals surface area contributed by atoms with Gasteiger partial charge in [-0.25, -0.2) is 19.7 Å². The summed E-state index contributed by atoms with van der Waals surface area (Å²) in [5.74, 6) is 1.18. The third-order valence-corrected chi connectivity index (χ3v) is 8.48. The molecule has 4 aromatic rings. The number of aromatic nitrogens is 3. The summed E-state index contributed by atoms with van der Waals surface area (Å²) in [7, 11) is 1.33. The summed E-state index contributed by atoms with van der Waals surface area (Å²) >= 11 is 7.94. The van der Waals surface area contributed by atoms with Crippen LogP contribution in [0.25, 0.3) is 11.5 Å². The Kier molecular flexibility index (Phi) is 6.46. The predicted octanol–water partition coefficient (Wildman–Crippen LogP) is 5.15. The average molecular weight is 550 g/mol. The molecular weight excluding hydrogens is 526 g/mol. The van der Waals surface area contributed by atoms with Crippen molar-refractivity contribution in [3.63, 3.8) is 0 Å². The zero-order valence-corrected chi connectivity index (χ0v) is 22.0. The zero-order valence-electron chi connectivity index (χ0n) is 20.5. The second-order valence-electron chi connectivity index (χ2n) is 9.10. The maximum atomic E-state index is 12.8. The summed E-state index contributed by atoms with van der Waals surface area (Å²) in [6.45, 7) is 1.22. The van der Waals surface area contributed by atoms with Gasteiger partial charge in [-0.05, 0) is 18.2 Å². The van der Waals surface area contributed by atoms with Gasteiger partial charge in [-0.3, -0.25) is 0 Å². The summed E-state index contributed by atoms with van der Waals surface area (Å²) in [4.78, 5) is 29.0. The number of halogens is 1. The summed E-state index contributed by atoms with van der Waals surface area (Å²) in [6.07, 6.45) is 6.06. The number of fused-ring (bicyclic) bond motifs is 1. The lowest BCUT2D eigenvalue weighted by Crippen LogP contribution is -2.52. The smallest absolute Gasteiger partial charge is 0.360 e. The van der Waals surface area contributed by atoms with E-state index in [9.17, 15) is 4.79 Å². The van der Waals surface area contributed by atoms with Gasteiger partial charge >= 0.3 is 5.97 Å². The van der Waals surface area contributed by atoms with Gasteiger partial charge in [-0.15, -0.1) is 0 Å². The molecule has 0 amide bonds. The molecule has 194 valence electrons. The third kappa shape index (κ3) is 4.28. The van der Waals surface area contributed by atoms with Gasteiger partial charge in [-0.2, -0.15) is 0 Å². The Balaban J connectivity index is 1.24. The summed E-state index contributed by atoms with van der Waals surface area (Å²) < 4.78 is 16.8. The van der Waals surface area contributed by atoms with E-state index in [1.54, 1.807) is 12.4 Å². The molecule has 2 aliphatic heterocycles. The first-order valence-electron chi connectivity index (χ1n) is 12.1. The van der Waals surface area contributed by atoms with Crippen molar-refractivity contribution in [1.29, 1.82) is 0 Å². The van der Waals surface area contributed by atoms with Crippen molar-refractivity contribution in [3.05, 3.63) is 77.4 Å². The number of carbonyl (C=O) groups is 1. The highest BCUT2D eigenvalue weighted by Gasteiger charge is 2.48. The van der Waals surface area contributed by atoms with E-state index >= 15 is 0 Å². The Morgan fingerprint density at radius 1 is 1.18 bits per heavy atom. The maximum Gasteiger partial charge on any atom is 0.360 e. The van der Waals surface area contributed by atoms with Crippen LogP contribution < -0.4 is 15.4 Å². The Morgan fingerprint density at radius 2 is 2.00 bits per heavy atom. The van der Waals surface area contributed by atoms with Crippen LogP contribution in [-0.2, 0) is 4.74 Å². The first kappa shape index (κ1) is 24.7. The first-order chi connectivity index (χ1) is 18.5. The van der Waals surface area contributed by atoms with Crippen LogP contribution in [0.15, 0.2) is 75.5 Å². The molecule has 0 radical (unpaired) electrons. The number of ether oxygens (including phenoxy) is 2. The predicted molar refractivity (Wildman–Crippen MR) is 143 cm³/mol. The third-order valence-electron chi connectivity index (χ3n) is 6.99. The lowest BCUT2D eigenvalue weighted by Gasteiger charge is -2.41. The molecule has 1 fully saturated rings. The number of nitrogens with zero attached hydrogens (tertiary/aromatic N) is 4. The molecule has 0 unspecified atom stereocenters. The molecule has 1 atom stereocenters.